The van der Waals surface area contributed by atoms with E-state index in [1.807, 2.05) is 6.92 Å². The van der Waals surface area contributed by atoms with Gasteiger partial charge < -0.3 is 10.5 Å². The van der Waals surface area contributed by atoms with Gasteiger partial charge in [-0.1, -0.05) is 19.8 Å². The van der Waals surface area contributed by atoms with E-state index in [9.17, 15) is 0 Å². The van der Waals surface area contributed by atoms with Crippen molar-refractivity contribution in [3.8, 4) is 0 Å². The van der Waals surface area contributed by atoms with Crippen LogP contribution in [0, 0.1) is 11.8 Å². The summed E-state index contributed by atoms with van der Waals surface area (Å²) in [6, 6.07) is 0. The van der Waals surface area contributed by atoms with E-state index in [2.05, 4.69) is 13.8 Å². The molecule has 0 heterocycles. The third-order valence-electron chi connectivity index (χ3n) is 3.49. The summed E-state index contributed by atoms with van der Waals surface area (Å²) in [4.78, 5) is 0. The van der Waals surface area contributed by atoms with Gasteiger partial charge in [0.2, 0.25) is 0 Å². The molecule has 0 aromatic carbocycles. The lowest BCUT2D eigenvalue weighted by Gasteiger charge is -2.38. The standard InChI is InChI=1S/C12H25NO/c1-4-14-9-12(3,13)11-7-5-6-10(2)8-11/h10-11H,4-9,13H2,1-3H3. The van der Waals surface area contributed by atoms with Crippen LogP contribution in [0.25, 0.3) is 0 Å². The molecule has 2 nitrogen and oxygen atoms in total. The van der Waals surface area contributed by atoms with Crippen molar-refractivity contribution in [3.05, 3.63) is 0 Å². The van der Waals surface area contributed by atoms with Crippen molar-refractivity contribution in [2.45, 2.75) is 52.0 Å². The van der Waals surface area contributed by atoms with Crippen molar-refractivity contribution in [1.82, 2.24) is 0 Å². The first kappa shape index (κ1) is 12.0. The van der Waals surface area contributed by atoms with Gasteiger partial charge in [-0.2, -0.15) is 0 Å². The highest BCUT2D eigenvalue weighted by Gasteiger charge is 2.33. The fourth-order valence-electron chi connectivity index (χ4n) is 2.47. The zero-order valence-electron chi connectivity index (χ0n) is 9.88. The molecule has 0 saturated heterocycles. The van der Waals surface area contributed by atoms with Gasteiger partial charge >= 0.3 is 0 Å². The molecule has 14 heavy (non-hydrogen) atoms. The molecular weight excluding hydrogens is 174 g/mol. The molecule has 1 rings (SSSR count). The zero-order valence-corrected chi connectivity index (χ0v) is 9.88. The minimum Gasteiger partial charge on any atom is -0.380 e. The van der Waals surface area contributed by atoms with Gasteiger partial charge in [-0.3, -0.25) is 0 Å². The Labute approximate surface area is 88.2 Å². The van der Waals surface area contributed by atoms with E-state index >= 15 is 0 Å². The molecule has 0 radical (unpaired) electrons. The molecule has 3 unspecified atom stereocenters. The van der Waals surface area contributed by atoms with E-state index in [0.29, 0.717) is 12.5 Å². The molecule has 1 aliphatic rings. The molecule has 1 aliphatic carbocycles. The molecule has 0 bridgehead atoms. The molecule has 0 amide bonds. The molecule has 84 valence electrons. The van der Waals surface area contributed by atoms with E-state index in [-0.39, 0.29) is 5.54 Å². The lowest BCUT2D eigenvalue weighted by Crippen LogP contribution is -2.49. The predicted octanol–water partition coefficient (Wildman–Crippen LogP) is 2.57. The number of ether oxygens (including phenoxy) is 1. The lowest BCUT2D eigenvalue weighted by molar-refractivity contribution is 0.0560. The maximum absolute atomic E-state index is 6.31. The van der Waals surface area contributed by atoms with Crippen molar-refractivity contribution in [2.75, 3.05) is 13.2 Å². The van der Waals surface area contributed by atoms with Gasteiger partial charge in [-0.15, -0.1) is 0 Å². The smallest absolute Gasteiger partial charge is 0.0646 e. The first-order chi connectivity index (χ1) is 6.56. The summed E-state index contributed by atoms with van der Waals surface area (Å²) in [6.07, 6.45) is 5.27. The van der Waals surface area contributed by atoms with Crippen molar-refractivity contribution in [1.29, 1.82) is 0 Å². The van der Waals surface area contributed by atoms with Crippen LogP contribution in [0.15, 0.2) is 0 Å². The average Bonchev–Trinajstić information content (AvgIpc) is 2.15. The SMILES string of the molecule is CCOCC(C)(N)C1CCCC(C)C1. The molecule has 3 atom stereocenters. The Bertz CT molecular complexity index is 168. The van der Waals surface area contributed by atoms with Crippen molar-refractivity contribution in [2.24, 2.45) is 17.6 Å². The first-order valence-corrected chi connectivity index (χ1v) is 5.93. The summed E-state index contributed by atoms with van der Waals surface area (Å²) < 4.78 is 5.46. The van der Waals surface area contributed by atoms with Crippen LogP contribution in [0.4, 0.5) is 0 Å². The fourth-order valence-corrected chi connectivity index (χ4v) is 2.47. The van der Waals surface area contributed by atoms with Gasteiger partial charge in [-0.25, -0.2) is 0 Å². The summed E-state index contributed by atoms with van der Waals surface area (Å²) >= 11 is 0. The monoisotopic (exact) mass is 199 g/mol. The van der Waals surface area contributed by atoms with Crippen LogP contribution in [0.5, 0.6) is 0 Å². The lowest BCUT2D eigenvalue weighted by atomic mass is 9.73. The zero-order chi connectivity index (χ0) is 10.6. The Morgan fingerprint density at radius 1 is 1.43 bits per heavy atom. The average molecular weight is 199 g/mol. The molecule has 2 heteroatoms. The van der Waals surface area contributed by atoms with Crippen LogP contribution in [-0.4, -0.2) is 18.8 Å². The Kier molecular flexibility index (Phi) is 4.39. The van der Waals surface area contributed by atoms with Crippen molar-refractivity contribution < 1.29 is 4.74 Å². The molecule has 1 saturated carbocycles. The number of rotatable bonds is 4. The minimum absolute atomic E-state index is 0.120. The van der Waals surface area contributed by atoms with Gasteiger partial charge in [0.1, 0.15) is 0 Å². The molecule has 2 N–H and O–H groups in total. The highest BCUT2D eigenvalue weighted by Crippen LogP contribution is 2.34. The van der Waals surface area contributed by atoms with E-state index < -0.39 is 0 Å². The second-order valence-electron chi connectivity index (χ2n) is 5.11. The third-order valence-corrected chi connectivity index (χ3v) is 3.49. The van der Waals surface area contributed by atoms with Gasteiger partial charge in [0.25, 0.3) is 0 Å². The topological polar surface area (TPSA) is 35.2 Å². The Balaban J connectivity index is 2.43. The van der Waals surface area contributed by atoms with Crippen LogP contribution < -0.4 is 5.73 Å². The number of nitrogens with two attached hydrogens (primary N) is 1. The molecule has 0 aliphatic heterocycles. The highest BCUT2D eigenvalue weighted by molar-refractivity contribution is 4.89. The summed E-state index contributed by atoms with van der Waals surface area (Å²) in [6.45, 7) is 7.99. The van der Waals surface area contributed by atoms with Crippen LogP contribution in [0.2, 0.25) is 0 Å². The molecule has 1 fully saturated rings. The van der Waals surface area contributed by atoms with Crippen molar-refractivity contribution >= 4 is 0 Å². The summed E-state index contributed by atoms with van der Waals surface area (Å²) in [5.41, 5.74) is 6.19. The molecule has 0 aromatic heterocycles. The van der Waals surface area contributed by atoms with Gasteiger partial charge in [0, 0.05) is 12.1 Å². The normalized spacial score (nSPS) is 32.6. The highest BCUT2D eigenvalue weighted by atomic mass is 16.5. The summed E-state index contributed by atoms with van der Waals surface area (Å²) in [5, 5.41) is 0. The van der Waals surface area contributed by atoms with E-state index in [1.54, 1.807) is 0 Å². The molecule has 0 aromatic rings. The molecular formula is C12H25NO. The maximum Gasteiger partial charge on any atom is 0.0646 e. The second-order valence-corrected chi connectivity index (χ2v) is 5.11. The quantitative estimate of drug-likeness (QED) is 0.755. The third kappa shape index (κ3) is 3.25. The Morgan fingerprint density at radius 2 is 2.14 bits per heavy atom. The molecule has 0 spiro atoms. The largest absolute Gasteiger partial charge is 0.380 e. The van der Waals surface area contributed by atoms with Crippen LogP contribution >= 0.6 is 0 Å². The predicted molar refractivity (Wildman–Crippen MR) is 60.2 cm³/mol. The van der Waals surface area contributed by atoms with Crippen LogP contribution in [0.1, 0.15) is 46.5 Å². The first-order valence-electron chi connectivity index (χ1n) is 5.93. The minimum atomic E-state index is -0.120. The summed E-state index contributed by atoms with van der Waals surface area (Å²) in [7, 11) is 0. The Hall–Kier alpha value is -0.0800. The van der Waals surface area contributed by atoms with Crippen molar-refractivity contribution in [3.63, 3.8) is 0 Å². The van der Waals surface area contributed by atoms with Gasteiger partial charge in [0.15, 0.2) is 0 Å². The summed E-state index contributed by atoms with van der Waals surface area (Å²) in [5.74, 6) is 1.50. The fraction of sp³-hybridized carbons (Fsp3) is 1.00. The van der Waals surface area contributed by atoms with E-state index in [4.69, 9.17) is 10.5 Å². The number of hydrogen-bond acceptors (Lipinski definition) is 2. The van der Waals surface area contributed by atoms with Gasteiger partial charge in [0.05, 0.1) is 6.61 Å². The van der Waals surface area contributed by atoms with Crippen LogP contribution in [0.3, 0.4) is 0 Å². The maximum atomic E-state index is 6.31. The number of hydrogen-bond donors (Lipinski definition) is 1. The Morgan fingerprint density at radius 3 is 2.71 bits per heavy atom. The second kappa shape index (κ2) is 5.13. The van der Waals surface area contributed by atoms with E-state index in [1.165, 1.54) is 25.7 Å². The van der Waals surface area contributed by atoms with Crippen LogP contribution in [-0.2, 0) is 4.74 Å². The van der Waals surface area contributed by atoms with E-state index in [0.717, 1.165) is 12.5 Å². The van der Waals surface area contributed by atoms with Gasteiger partial charge in [-0.05, 0) is 38.5 Å².